The monoisotopic (exact) mass is 556 g/mol. The van der Waals surface area contributed by atoms with Crippen molar-refractivity contribution in [2.24, 2.45) is 0 Å². The Morgan fingerprint density at radius 1 is 0.931 bits per heavy atom. The first-order valence-electron chi connectivity index (χ1n) is 10.3. The maximum atomic E-state index is 2.46. The van der Waals surface area contributed by atoms with Crippen LogP contribution in [0.4, 0.5) is 0 Å². The van der Waals surface area contributed by atoms with E-state index in [0.717, 1.165) is 0 Å². The van der Waals surface area contributed by atoms with Crippen molar-refractivity contribution in [2.45, 2.75) is 80.1 Å². The smallest absolute Gasteiger partial charge is 0.358 e. The summed E-state index contributed by atoms with van der Waals surface area (Å²) in [4.78, 5) is 0. The van der Waals surface area contributed by atoms with Gasteiger partial charge in [-0.3, -0.25) is 0 Å². The molecule has 0 saturated heterocycles. The molecular weight excluding hydrogens is 515 g/mol. The van der Waals surface area contributed by atoms with Gasteiger partial charge >= 0.3 is 25.8 Å². The molecule has 0 saturated carbocycles. The second-order valence-corrected chi connectivity index (χ2v) is 8.28. The topological polar surface area (TPSA) is 0 Å². The van der Waals surface area contributed by atoms with Gasteiger partial charge < -0.3 is 14.9 Å². The van der Waals surface area contributed by atoms with Gasteiger partial charge in [0, 0.05) is 0 Å². The van der Waals surface area contributed by atoms with E-state index in [1.165, 1.54) is 64.3 Å². The number of benzene rings is 1. The molecule has 0 aromatic heterocycles. The predicted molar refractivity (Wildman–Crippen MR) is 129 cm³/mol. The molecule has 1 heteroatoms. The van der Waals surface area contributed by atoms with Crippen LogP contribution < -0.4 is 0 Å². The quantitative estimate of drug-likeness (QED) is 0.220. The molecule has 0 fully saturated rings. The Hall–Kier alpha value is -0.950. The molecule has 0 aliphatic heterocycles. The third-order valence-electron chi connectivity index (χ3n) is 6.97. The molecule has 0 N–H and O–H groups in total. The molecule has 0 spiro atoms. The zero-order valence-corrected chi connectivity index (χ0v) is 23.8. The average Bonchev–Trinajstić information content (AvgIpc) is 3.32. The molecule has 0 amide bonds. The second kappa shape index (κ2) is 11.4. The first-order valence-corrected chi connectivity index (χ1v) is 10.3. The van der Waals surface area contributed by atoms with Crippen LogP contribution in [-0.2, 0) is 38.7 Å². The van der Waals surface area contributed by atoms with Crippen LogP contribution in [0.2, 0.25) is 0 Å². The Bertz CT molecular complexity index is 840. The van der Waals surface area contributed by atoms with Crippen LogP contribution in [-0.4, -0.2) is 0 Å². The first-order chi connectivity index (χ1) is 12.3. The fraction of sp³-hybridized carbons (Fsp3) is 0.429. The predicted octanol–water partition coefficient (Wildman–Crippen LogP) is 8.41. The summed E-state index contributed by atoms with van der Waals surface area (Å²) in [6.07, 6.45) is 5.16. The van der Waals surface area contributed by atoms with Crippen LogP contribution in [0.25, 0.3) is 10.8 Å². The van der Waals surface area contributed by atoms with Crippen molar-refractivity contribution in [1.82, 2.24) is 0 Å². The maximum Gasteiger partial charge on any atom is 4.00 e. The normalized spacial score (nSPS) is 12.8. The minimum absolute atomic E-state index is 0. The molecule has 156 valence electrons. The fourth-order valence-electron chi connectivity index (χ4n) is 4.36. The van der Waals surface area contributed by atoms with Gasteiger partial charge in [0.15, 0.2) is 0 Å². The summed E-state index contributed by atoms with van der Waals surface area (Å²) in [5, 5.41) is 2.96. The van der Waals surface area contributed by atoms with Crippen molar-refractivity contribution in [3.63, 3.8) is 0 Å². The largest absolute Gasteiger partial charge is 4.00 e. The van der Waals surface area contributed by atoms with Gasteiger partial charge in [-0.15, -0.1) is 34.5 Å². The fourth-order valence-corrected chi connectivity index (χ4v) is 4.36. The molecule has 1 aliphatic carbocycles. The summed E-state index contributed by atoms with van der Waals surface area (Å²) in [7, 11) is 0. The Morgan fingerprint density at radius 3 is 1.90 bits per heavy atom. The standard InChI is InChI=1S/C16H19.C10H15.2CH3.Hf/c1-3-11(2)15-8-7-14-9-12-5-4-6-13(12)10-16(14)15;1-6-7(2)9(4)10(5)8(6)3;;;/h7-11H,3-6H2,1-2H3;1-5H3;2*1H3;/q4*-1;+4. The van der Waals surface area contributed by atoms with Gasteiger partial charge in [0.1, 0.15) is 0 Å². The van der Waals surface area contributed by atoms with Crippen molar-refractivity contribution in [1.29, 1.82) is 0 Å². The Balaban J connectivity index is 0.000000535. The van der Waals surface area contributed by atoms with Crippen molar-refractivity contribution < 1.29 is 25.8 Å². The van der Waals surface area contributed by atoms with E-state index in [1.54, 1.807) is 16.7 Å². The summed E-state index contributed by atoms with van der Waals surface area (Å²) >= 11 is 0. The van der Waals surface area contributed by atoms with Gasteiger partial charge in [0.25, 0.3) is 0 Å². The molecule has 1 aliphatic rings. The molecule has 0 heterocycles. The number of rotatable bonds is 2. The molecule has 3 aromatic carbocycles. The average molecular weight is 555 g/mol. The Morgan fingerprint density at radius 2 is 1.45 bits per heavy atom. The van der Waals surface area contributed by atoms with E-state index in [4.69, 9.17) is 0 Å². The van der Waals surface area contributed by atoms with Crippen molar-refractivity contribution in [2.75, 3.05) is 0 Å². The molecule has 0 radical (unpaired) electrons. The molecular formula is C28H40Hf. The molecule has 0 bridgehead atoms. The van der Waals surface area contributed by atoms with Crippen molar-refractivity contribution >= 4 is 10.8 Å². The second-order valence-electron chi connectivity index (χ2n) is 8.28. The van der Waals surface area contributed by atoms with Gasteiger partial charge in [0.05, 0.1) is 0 Å². The third-order valence-corrected chi connectivity index (χ3v) is 6.97. The van der Waals surface area contributed by atoms with E-state index in [0.29, 0.717) is 5.92 Å². The molecule has 4 rings (SSSR count). The van der Waals surface area contributed by atoms with Gasteiger partial charge in [-0.25, -0.2) is 0 Å². The Labute approximate surface area is 199 Å². The van der Waals surface area contributed by atoms with Crippen molar-refractivity contribution in [3.8, 4) is 0 Å². The van der Waals surface area contributed by atoms with Crippen LogP contribution >= 0.6 is 0 Å². The zero-order valence-electron chi connectivity index (χ0n) is 20.2. The van der Waals surface area contributed by atoms with Crippen LogP contribution in [0.3, 0.4) is 0 Å². The van der Waals surface area contributed by atoms with Crippen LogP contribution in [0.5, 0.6) is 0 Å². The molecule has 0 nitrogen and oxygen atoms in total. The summed E-state index contributed by atoms with van der Waals surface area (Å²) < 4.78 is 0. The summed E-state index contributed by atoms with van der Waals surface area (Å²) in [5.74, 6) is 0.692. The van der Waals surface area contributed by atoms with Crippen LogP contribution in [0.1, 0.15) is 77.1 Å². The van der Waals surface area contributed by atoms with Crippen molar-refractivity contribution in [3.05, 3.63) is 83.6 Å². The van der Waals surface area contributed by atoms with Crippen LogP contribution in [0, 0.1) is 49.5 Å². The Kier molecular flexibility index (Phi) is 11.1. The minimum Gasteiger partial charge on any atom is -0.358 e. The number of fused-ring (bicyclic) bond motifs is 2. The molecule has 29 heavy (non-hydrogen) atoms. The van der Waals surface area contributed by atoms with Gasteiger partial charge in [0.2, 0.25) is 0 Å². The van der Waals surface area contributed by atoms with E-state index in [2.05, 4.69) is 72.7 Å². The summed E-state index contributed by atoms with van der Waals surface area (Å²) in [6.45, 7) is 15.6. The van der Waals surface area contributed by atoms with E-state index in [-0.39, 0.29) is 40.7 Å². The zero-order chi connectivity index (χ0) is 19.0. The summed E-state index contributed by atoms with van der Waals surface area (Å²) in [5.41, 5.74) is 12.1. The van der Waals surface area contributed by atoms with E-state index < -0.39 is 0 Å². The van der Waals surface area contributed by atoms with Gasteiger partial charge in [-0.05, 0) is 19.3 Å². The molecule has 3 aromatic rings. The van der Waals surface area contributed by atoms with E-state index in [9.17, 15) is 0 Å². The first kappa shape index (κ1) is 28.1. The molecule has 1 atom stereocenters. The van der Waals surface area contributed by atoms with E-state index >= 15 is 0 Å². The number of hydrogen-bond acceptors (Lipinski definition) is 0. The maximum absolute atomic E-state index is 2.46. The van der Waals surface area contributed by atoms with Crippen LogP contribution in [0.15, 0.2) is 24.3 Å². The third kappa shape index (κ3) is 5.40. The SMILES string of the molecule is CCC(C)[c-]1ccc2cc3c(cc21)CCC3.Cc1c(C)c(C)[c-](C)c1C.[CH3-].[CH3-].[Hf+4]. The summed E-state index contributed by atoms with van der Waals surface area (Å²) in [6, 6.07) is 9.51. The minimum atomic E-state index is 0. The van der Waals surface area contributed by atoms with Gasteiger partial charge in [-0.2, -0.15) is 33.9 Å². The van der Waals surface area contributed by atoms with E-state index in [1.807, 2.05) is 0 Å². The van der Waals surface area contributed by atoms with Gasteiger partial charge in [-0.1, -0.05) is 71.9 Å². The number of hydrogen-bond donors (Lipinski definition) is 0. The number of aryl methyl sites for hydroxylation is 2. The molecule has 1 unspecified atom stereocenters.